The Morgan fingerprint density at radius 2 is 2.10 bits per heavy atom. The molecule has 1 saturated heterocycles. The SMILES string of the molecule is CON1C=CC23CC(CCCN4CCCCC4)CC[C@H]2OC2=C3C(C[C@H](O)C2)C1. The Labute approximate surface area is 175 Å². The van der Waals surface area contributed by atoms with E-state index in [1.807, 2.05) is 5.06 Å². The van der Waals surface area contributed by atoms with Crippen LogP contribution in [0.25, 0.3) is 0 Å². The molecule has 162 valence electrons. The quantitative estimate of drug-likeness (QED) is 0.757. The minimum absolute atomic E-state index is 0.0292. The molecule has 0 bridgehead atoms. The predicted molar refractivity (Wildman–Crippen MR) is 113 cm³/mol. The van der Waals surface area contributed by atoms with E-state index < -0.39 is 0 Å². The number of likely N-dealkylation sites (tertiary alicyclic amines) is 1. The van der Waals surface area contributed by atoms with Crippen molar-refractivity contribution >= 4 is 0 Å². The Balaban J connectivity index is 1.31. The summed E-state index contributed by atoms with van der Waals surface area (Å²) in [6.07, 6.45) is 16.5. The van der Waals surface area contributed by atoms with Crippen LogP contribution in [0.1, 0.15) is 64.2 Å². The van der Waals surface area contributed by atoms with Crippen molar-refractivity contribution in [3.8, 4) is 0 Å². The molecule has 5 heteroatoms. The molecule has 2 fully saturated rings. The van der Waals surface area contributed by atoms with Crippen LogP contribution in [-0.4, -0.2) is 60.6 Å². The van der Waals surface area contributed by atoms with E-state index in [4.69, 9.17) is 9.57 Å². The average molecular weight is 403 g/mol. The fourth-order valence-electron chi connectivity index (χ4n) is 6.90. The minimum atomic E-state index is -0.284. The van der Waals surface area contributed by atoms with E-state index in [0.29, 0.717) is 12.3 Å². The maximum atomic E-state index is 10.4. The van der Waals surface area contributed by atoms with Gasteiger partial charge in [-0.25, -0.2) is 0 Å². The molecule has 3 heterocycles. The second kappa shape index (κ2) is 8.24. The molecule has 0 radical (unpaired) electrons. The van der Waals surface area contributed by atoms with Gasteiger partial charge in [-0.3, -0.25) is 9.90 Å². The third kappa shape index (κ3) is 3.75. The van der Waals surface area contributed by atoms with E-state index in [1.54, 1.807) is 7.11 Å². The molecule has 5 nitrogen and oxygen atoms in total. The van der Waals surface area contributed by atoms with Crippen molar-refractivity contribution in [3.63, 3.8) is 0 Å². The van der Waals surface area contributed by atoms with Crippen LogP contribution in [0.3, 0.4) is 0 Å². The van der Waals surface area contributed by atoms with Gasteiger partial charge in [0.15, 0.2) is 0 Å². The molecule has 2 aliphatic carbocycles. The van der Waals surface area contributed by atoms with Crippen LogP contribution in [-0.2, 0) is 9.57 Å². The van der Waals surface area contributed by atoms with Crippen LogP contribution >= 0.6 is 0 Å². The first kappa shape index (κ1) is 19.9. The molecule has 1 spiro atoms. The zero-order valence-electron chi connectivity index (χ0n) is 18.0. The van der Waals surface area contributed by atoms with Crippen molar-refractivity contribution in [1.29, 1.82) is 0 Å². The minimum Gasteiger partial charge on any atom is -0.493 e. The van der Waals surface area contributed by atoms with Gasteiger partial charge in [0.05, 0.1) is 30.9 Å². The van der Waals surface area contributed by atoms with Gasteiger partial charge >= 0.3 is 0 Å². The summed E-state index contributed by atoms with van der Waals surface area (Å²) in [6.45, 7) is 4.71. The largest absolute Gasteiger partial charge is 0.493 e. The summed E-state index contributed by atoms with van der Waals surface area (Å²) in [5, 5.41) is 12.4. The zero-order valence-corrected chi connectivity index (χ0v) is 18.0. The maximum Gasteiger partial charge on any atom is 0.111 e. The van der Waals surface area contributed by atoms with Gasteiger partial charge in [0.2, 0.25) is 0 Å². The second-order valence-electron chi connectivity index (χ2n) is 10.1. The fraction of sp³-hybridized carbons (Fsp3) is 0.833. The number of nitrogens with zero attached hydrogens (tertiary/aromatic N) is 2. The van der Waals surface area contributed by atoms with Crippen LogP contribution in [0, 0.1) is 17.3 Å². The molecule has 0 amide bonds. The summed E-state index contributed by atoms with van der Waals surface area (Å²) in [4.78, 5) is 8.27. The summed E-state index contributed by atoms with van der Waals surface area (Å²) in [5.74, 6) is 2.22. The summed E-state index contributed by atoms with van der Waals surface area (Å²) in [5.41, 5.74) is 1.53. The summed E-state index contributed by atoms with van der Waals surface area (Å²) < 4.78 is 6.52. The van der Waals surface area contributed by atoms with Gasteiger partial charge < -0.3 is 14.7 Å². The number of ether oxygens (including phenoxy) is 1. The first-order valence-electron chi connectivity index (χ1n) is 12.0. The van der Waals surface area contributed by atoms with E-state index in [1.165, 1.54) is 70.2 Å². The topological polar surface area (TPSA) is 45.2 Å². The maximum absolute atomic E-state index is 10.4. The van der Waals surface area contributed by atoms with Crippen LogP contribution in [0.5, 0.6) is 0 Å². The van der Waals surface area contributed by atoms with Crippen molar-refractivity contribution in [3.05, 3.63) is 23.6 Å². The smallest absolute Gasteiger partial charge is 0.111 e. The standard InChI is InChI=1S/C24H38N2O3/c1-28-26-13-9-24-16-18(6-5-12-25-10-3-2-4-11-25)7-8-22(24)29-21-15-20(27)14-19(17-26)23(21)24/h9,13,18-20,22,27H,2-8,10-12,14-17H2,1H3/t18?,19?,20-,22+,24?/m0/s1. The number of piperidine rings is 1. The Bertz CT molecular complexity index is 657. The third-order valence-electron chi connectivity index (χ3n) is 8.22. The highest BCUT2D eigenvalue weighted by molar-refractivity contribution is 5.38. The monoisotopic (exact) mass is 402 g/mol. The number of rotatable bonds is 5. The van der Waals surface area contributed by atoms with E-state index in [-0.39, 0.29) is 17.6 Å². The first-order chi connectivity index (χ1) is 14.2. The third-order valence-corrected chi connectivity index (χ3v) is 8.22. The van der Waals surface area contributed by atoms with Crippen LogP contribution in [0.4, 0.5) is 0 Å². The summed E-state index contributed by atoms with van der Waals surface area (Å²) in [7, 11) is 1.75. The summed E-state index contributed by atoms with van der Waals surface area (Å²) >= 11 is 0. The lowest BCUT2D eigenvalue weighted by atomic mass is 9.60. The van der Waals surface area contributed by atoms with Gasteiger partial charge in [-0.15, -0.1) is 0 Å². The molecular formula is C24H38N2O3. The van der Waals surface area contributed by atoms with E-state index in [0.717, 1.165) is 31.1 Å². The molecule has 1 N–H and O–H groups in total. The number of aliphatic hydroxyl groups excluding tert-OH is 1. The first-order valence-corrected chi connectivity index (χ1v) is 12.0. The Morgan fingerprint density at radius 1 is 1.24 bits per heavy atom. The second-order valence-corrected chi connectivity index (χ2v) is 10.1. The van der Waals surface area contributed by atoms with Gasteiger partial charge in [0.25, 0.3) is 0 Å². The lowest BCUT2D eigenvalue weighted by Crippen LogP contribution is -2.41. The van der Waals surface area contributed by atoms with Crippen molar-refractivity contribution in [1.82, 2.24) is 9.96 Å². The molecule has 1 saturated carbocycles. The van der Waals surface area contributed by atoms with Gasteiger partial charge in [-0.2, -0.15) is 0 Å². The van der Waals surface area contributed by atoms with E-state index in [2.05, 4.69) is 17.2 Å². The van der Waals surface area contributed by atoms with Crippen molar-refractivity contribution in [2.45, 2.75) is 76.4 Å². The number of hydrogen-bond acceptors (Lipinski definition) is 5. The number of hydroxylamine groups is 2. The van der Waals surface area contributed by atoms with Gasteiger partial charge in [-0.1, -0.05) is 12.5 Å². The number of hydrogen-bond donors (Lipinski definition) is 1. The molecule has 5 rings (SSSR count). The molecule has 0 aromatic heterocycles. The molecule has 5 atom stereocenters. The van der Waals surface area contributed by atoms with E-state index >= 15 is 0 Å². The highest BCUT2D eigenvalue weighted by Gasteiger charge is 2.56. The van der Waals surface area contributed by atoms with Crippen molar-refractivity contribution in [2.75, 3.05) is 33.3 Å². The predicted octanol–water partition coefficient (Wildman–Crippen LogP) is 3.85. The van der Waals surface area contributed by atoms with Gasteiger partial charge in [0, 0.05) is 18.5 Å². The summed E-state index contributed by atoms with van der Waals surface area (Å²) in [6, 6.07) is 0. The molecule has 29 heavy (non-hydrogen) atoms. The lowest BCUT2D eigenvalue weighted by molar-refractivity contribution is -0.0967. The fourth-order valence-corrected chi connectivity index (χ4v) is 6.90. The van der Waals surface area contributed by atoms with Crippen LogP contribution in [0.2, 0.25) is 0 Å². The highest BCUT2D eigenvalue weighted by atomic mass is 16.7. The Hall–Kier alpha value is -1.04. The van der Waals surface area contributed by atoms with Crippen LogP contribution in [0.15, 0.2) is 23.6 Å². The lowest BCUT2D eigenvalue weighted by Gasteiger charge is -2.43. The Kier molecular flexibility index (Phi) is 5.65. The Morgan fingerprint density at radius 3 is 2.93 bits per heavy atom. The molecule has 3 aliphatic heterocycles. The van der Waals surface area contributed by atoms with Crippen LogP contribution < -0.4 is 0 Å². The molecule has 0 aromatic carbocycles. The number of aliphatic hydroxyl groups is 1. The van der Waals surface area contributed by atoms with Crippen molar-refractivity contribution < 1.29 is 14.7 Å². The van der Waals surface area contributed by atoms with Gasteiger partial charge in [0.1, 0.15) is 6.10 Å². The normalized spacial score (nSPS) is 39.7. The zero-order chi connectivity index (χ0) is 19.8. The average Bonchev–Trinajstić information content (AvgIpc) is 2.96. The molecule has 3 unspecified atom stereocenters. The van der Waals surface area contributed by atoms with Crippen molar-refractivity contribution in [2.24, 2.45) is 17.3 Å². The van der Waals surface area contributed by atoms with E-state index in [9.17, 15) is 5.11 Å². The molecule has 5 aliphatic rings. The molecule has 0 aromatic rings. The van der Waals surface area contributed by atoms with Gasteiger partial charge in [-0.05, 0) is 82.5 Å². The molecular weight excluding hydrogens is 364 g/mol. The highest BCUT2D eigenvalue weighted by Crippen LogP contribution is 2.59.